The Morgan fingerprint density at radius 1 is 1.29 bits per heavy atom. The quantitative estimate of drug-likeness (QED) is 0.597. The van der Waals surface area contributed by atoms with Crippen molar-refractivity contribution >= 4 is 35.3 Å². The lowest BCUT2D eigenvalue weighted by Gasteiger charge is -2.15. The van der Waals surface area contributed by atoms with Crippen molar-refractivity contribution in [2.75, 3.05) is 30.0 Å². The highest BCUT2D eigenvalue weighted by molar-refractivity contribution is 7.99. The summed E-state index contributed by atoms with van der Waals surface area (Å²) in [6, 6.07) is 7.44. The van der Waals surface area contributed by atoms with Gasteiger partial charge in [-0.2, -0.15) is 15.0 Å². The number of nitrogens with two attached hydrogens (primary N) is 1. The summed E-state index contributed by atoms with van der Waals surface area (Å²) >= 11 is 1.45. The van der Waals surface area contributed by atoms with E-state index in [1.807, 2.05) is 49.9 Å². The molecule has 0 saturated heterocycles. The molecule has 0 fully saturated rings. The van der Waals surface area contributed by atoms with Crippen LogP contribution < -0.4 is 16.0 Å². The highest BCUT2D eigenvalue weighted by Crippen LogP contribution is 2.33. The molecule has 0 aliphatic rings. The number of benzene rings is 1. The van der Waals surface area contributed by atoms with Crippen molar-refractivity contribution in [2.45, 2.75) is 24.3 Å². The smallest absolute Gasteiger partial charge is 0.229 e. The molecule has 1 aromatic carbocycles. The molecular weight excluding hydrogens is 378 g/mol. The van der Waals surface area contributed by atoms with Gasteiger partial charge >= 0.3 is 0 Å². The lowest BCUT2D eigenvalue weighted by Crippen LogP contribution is -2.16. The average molecular weight is 399 g/mol. The lowest BCUT2D eigenvalue weighted by molar-refractivity contribution is -0.114. The van der Waals surface area contributed by atoms with Gasteiger partial charge in [0.05, 0.1) is 10.9 Å². The van der Waals surface area contributed by atoms with Crippen LogP contribution in [-0.2, 0) is 4.79 Å². The molecule has 0 spiro atoms. The molecular formula is C17H21N9OS. The molecule has 146 valence electrons. The van der Waals surface area contributed by atoms with Crippen LogP contribution in [0.25, 0.3) is 5.69 Å². The van der Waals surface area contributed by atoms with Crippen molar-refractivity contribution in [3.05, 3.63) is 36.4 Å². The number of carbonyl (C=O) groups is 1. The van der Waals surface area contributed by atoms with E-state index in [1.165, 1.54) is 18.7 Å². The van der Waals surface area contributed by atoms with Crippen LogP contribution in [0.3, 0.4) is 0 Å². The van der Waals surface area contributed by atoms with Crippen molar-refractivity contribution < 1.29 is 4.79 Å². The fraction of sp³-hybridized carbons (Fsp3) is 0.294. The molecule has 0 radical (unpaired) electrons. The first kappa shape index (κ1) is 19.5. The molecule has 1 amide bonds. The molecule has 2 aromatic heterocycles. The van der Waals surface area contributed by atoms with E-state index in [1.54, 1.807) is 11.2 Å². The van der Waals surface area contributed by atoms with Crippen LogP contribution >= 0.6 is 11.8 Å². The van der Waals surface area contributed by atoms with E-state index in [0.29, 0.717) is 22.6 Å². The summed E-state index contributed by atoms with van der Waals surface area (Å²) in [5, 5.41) is 11.5. The Balaban J connectivity index is 1.86. The number of aromatic nitrogens is 6. The largest absolute Gasteiger partial charge is 0.368 e. The minimum Gasteiger partial charge on any atom is -0.368 e. The van der Waals surface area contributed by atoms with Crippen LogP contribution in [0.15, 0.2) is 35.7 Å². The summed E-state index contributed by atoms with van der Waals surface area (Å²) in [5.74, 6) is 1.10. The molecule has 1 atom stereocenters. The number of amides is 1. The highest BCUT2D eigenvalue weighted by Gasteiger charge is 2.18. The summed E-state index contributed by atoms with van der Waals surface area (Å²) in [4.78, 5) is 25.9. The minimum absolute atomic E-state index is 0.131. The third kappa shape index (κ3) is 4.55. The lowest BCUT2D eigenvalue weighted by atomic mass is 10.2. The molecule has 2 heterocycles. The minimum atomic E-state index is -0.134. The first-order valence-electron chi connectivity index (χ1n) is 8.47. The van der Waals surface area contributed by atoms with E-state index in [0.717, 1.165) is 5.69 Å². The second-order valence-corrected chi connectivity index (χ2v) is 7.53. The molecule has 11 heteroatoms. The first-order valence-corrected chi connectivity index (χ1v) is 9.35. The van der Waals surface area contributed by atoms with Crippen molar-refractivity contribution in [1.29, 1.82) is 0 Å². The zero-order chi connectivity index (χ0) is 20.3. The van der Waals surface area contributed by atoms with Gasteiger partial charge in [-0.1, -0.05) is 17.8 Å². The van der Waals surface area contributed by atoms with Gasteiger partial charge in [-0.3, -0.25) is 9.36 Å². The number of anilines is 3. The number of thioether (sulfide) groups is 1. The van der Waals surface area contributed by atoms with E-state index >= 15 is 0 Å². The summed E-state index contributed by atoms with van der Waals surface area (Å²) in [5.41, 5.74) is 7.35. The van der Waals surface area contributed by atoms with E-state index in [2.05, 4.69) is 30.5 Å². The van der Waals surface area contributed by atoms with Crippen LogP contribution in [0.4, 0.5) is 17.6 Å². The maximum Gasteiger partial charge on any atom is 0.229 e. The number of nitrogens with one attached hydrogen (secondary N) is 1. The van der Waals surface area contributed by atoms with Gasteiger partial charge in [0.15, 0.2) is 5.16 Å². The SMILES string of the molecule is CC(=O)Nc1cccc(-n2cnnc2S[C@H](C)c2nc(N)nc(N(C)C)n2)c1. The van der Waals surface area contributed by atoms with E-state index in [-0.39, 0.29) is 17.1 Å². The Morgan fingerprint density at radius 3 is 2.79 bits per heavy atom. The monoisotopic (exact) mass is 399 g/mol. The summed E-state index contributed by atoms with van der Waals surface area (Å²) in [6.07, 6.45) is 1.62. The van der Waals surface area contributed by atoms with Gasteiger partial charge in [-0.25, -0.2) is 0 Å². The average Bonchev–Trinajstić information content (AvgIpc) is 3.09. The fourth-order valence-corrected chi connectivity index (χ4v) is 3.30. The van der Waals surface area contributed by atoms with Gasteiger partial charge in [0.2, 0.25) is 17.8 Å². The Labute approximate surface area is 166 Å². The van der Waals surface area contributed by atoms with E-state index in [4.69, 9.17) is 5.73 Å². The Kier molecular flexibility index (Phi) is 5.73. The molecule has 3 N–H and O–H groups in total. The molecule has 0 saturated carbocycles. The van der Waals surface area contributed by atoms with Gasteiger partial charge in [0.1, 0.15) is 12.2 Å². The van der Waals surface area contributed by atoms with Crippen LogP contribution in [0.2, 0.25) is 0 Å². The Hall–Kier alpha value is -3.21. The molecule has 3 rings (SSSR count). The fourth-order valence-electron chi connectivity index (χ4n) is 2.41. The summed E-state index contributed by atoms with van der Waals surface area (Å²) in [6.45, 7) is 3.43. The Morgan fingerprint density at radius 2 is 2.07 bits per heavy atom. The second-order valence-electron chi connectivity index (χ2n) is 6.22. The molecule has 10 nitrogen and oxygen atoms in total. The topological polar surface area (TPSA) is 128 Å². The van der Waals surface area contributed by atoms with Crippen molar-refractivity contribution in [2.24, 2.45) is 0 Å². The van der Waals surface area contributed by atoms with Crippen LogP contribution in [0.5, 0.6) is 0 Å². The van der Waals surface area contributed by atoms with Gasteiger partial charge in [0, 0.05) is 26.7 Å². The summed E-state index contributed by atoms with van der Waals surface area (Å²) in [7, 11) is 3.68. The zero-order valence-corrected chi connectivity index (χ0v) is 16.8. The summed E-state index contributed by atoms with van der Waals surface area (Å²) < 4.78 is 1.84. The first-order chi connectivity index (χ1) is 13.3. The maximum absolute atomic E-state index is 11.3. The number of carbonyl (C=O) groups excluding carboxylic acids is 1. The number of nitrogens with zero attached hydrogens (tertiary/aromatic N) is 7. The number of hydrogen-bond acceptors (Lipinski definition) is 9. The Bertz CT molecular complexity index is 988. The van der Waals surface area contributed by atoms with E-state index < -0.39 is 0 Å². The highest BCUT2D eigenvalue weighted by atomic mass is 32.2. The number of hydrogen-bond donors (Lipinski definition) is 2. The zero-order valence-electron chi connectivity index (χ0n) is 16.0. The van der Waals surface area contributed by atoms with Crippen LogP contribution in [-0.4, -0.2) is 49.7 Å². The van der Waals surface area contributed by atoms with Gasteiger partial charge in [-0.05, 0) is 25.1 Å². The van der Waals surface area contributed by atoms with Gasteiger partial charge in [-0.15, -0.1) is 10.2 Å². The molecule has 28 heavy (non-hydrogen) atoms. The van der Waals surface area contributed by atoms with Crippen LogP contribution in [0, 0.1) is 0 Å². The number of nitrogen functional groups attached to an aromatic ring is 1. The van der Waals surface area contributed by atoms with Crippen molar-refractivity contribution in [3.8, 4) is 5.69 Å². The normalized spacial score (nSPS) is 11.9. The van der Waals surface area contributed by atoms with Crippen molar-refractivity contribution in [1.82, 2.24) is 29.7 Å². The standard InChI is InChI=1S/C17H21N9OS/c1-10(14-21-15(18)23-16(22-14)25(3)4)28-17-24-19-9-26(17)13-7-5-6-12(8-13)20-11(2)27/h5-10H,1-4H3,(H,20,27)(H2,18,21,22,23)/t10-/m1/s1. The van der Waals surface area contributed by atoms with Crippen LogP contribution in [0.1, 0.15) is 24.9 Å². The van der Waals surface area contributed by atoms with Gasteiger partial charge < -0.3 is 16.0 Å². The van der Waals surface area contributed by atoms with Crippen molar-refractivity contribution in [3.63, 3.8) is 0 Å². The molecule has 0 bridgehead atoms. The third-order valence-electron chi connectivity index (χ3n) is 3.67. The predicted molar refractivity (Wildman–Crippen MR) is 109 cm³/mol. The maximum atomic E-state index is 11.3. The number of rotatable bonds is 6. The third-order valence-corrected chi connectivity index (χ3v) is 4.72. The predicted octanol–water partition coefficient (Wildman–Crippen LogP) is 1.91. The van der Waals surface area contributed by atoms with E-state index in [9.17, 15) is 4.79 Å². The molecule has 0 aliphatic heterocycles. The molecule has 3 aromatic rings. The van der Waals surface area contributed by atoms with Gasteiger partial charge in [0.25, 0.3) is 0 Å². The molecule has 0 aliphatic carbocycles. The molecule has 0 unspecified atom stereocenters. The second kappa shape index (κ2) is 8.21.